The van der Waals surface area contributed by atoms with Gasteiger partial charge in [0.1, 0.15) is 0 Å². The van der Waals surface area contributed by atoms with Crippen molar-refractivity contribution >= 4 is 33.8 Å². The Hall–Kier alpha value is -1.13. The lowest BCUT2D eigenvalue weighted by molar-refractivity contribution is 0.112. The van der Waals surface area contributed by atoms with Crippen molar-refractivity contribution in [2.45, 2.75) is 0 Å². The van der Waals surface area contributed by atoms with Gasteiger partial charge in [-0.3, -0.25) is 9.48 Å². The zero-order chi connectivity index (χ0) is 11.7. The third-order valence-corrected chi connectivity index (χ3v) is 3.11. The lowest BCUT2D eigenvalue weighted by Crippen LogP contribution is -1.97. The molecule has 1 aromatic heterocycles. The number of rotatable bonds is 2. The molecule has 82 valence electrons. The summed E-state index contributed by atoms with van der Waals surface area (Å²) in [6.45, 7) is 0. The third-order valence-electron chi connectivity index (χ3n) is 2.29. The molecule has 0 unspecified atom stereocenters. The van der Waals surface area contributed by atoms with Crippen molar-refractivity contribution in [2.24, 2.45) is 7.05 Å². The molecule has 2 rings (SSSR count). The molecular formula is C11H8BrClN2O. The van der Waals surface area contributed by atoms with Crippen LogP contribution in [0, 0.1) is 0 Å². The van der Waals surface area contributed by atoms with E-state index < -0.39 is 0 Å². The summed E-state index contributed by atoms with van der Waals surface area (Å²) in [5, 5.41) is 4.70. The number of benzene rings is 1. The summed E-state index contributed by atoms with van der Waals surface area (Å²) in [7, 11) is 1.82. The number of nitrogens with zero attached hydrogens (tertiary/aromatic N) is 2. The molecule has 0 saturated heterocycles. The molecular weight excluding hydrogens is 291 g/mol. The molecule has 3 nitrogen and oxygen atoms in total. The van der Waals surface area contributed by atoms with Gasteiger partial charge in [0.25, 0.3) is 0 Å². The van der Waals surface area contributed by atoms with Gasteiger partial charge in [-0.1, -0.05) is 11.6 Å². The van der Waals surface area contributed by atoms with Gasteiger partial charge in [-0.05, 0) is 34.1 Å². The largest absolute Gasteiger partial charge is 0.298 e. The summed E-state index contributed by atoms with van der Waals surface area (Å²) in [4.78, 5) is 11.0. The standard InChI is InChI=1S/C11H8BrClN2O/c1-15-11(10(12)5-14-15)9-4-8(13)3-2-7(9)6-16/h2-6H,1H3. The Kier molecular flexibility index (Phi) is 3.12. The first-order valence-electron chi connectivity index (χ1n) is 4.56. The molecule has 0 N–H and O–H groups in total. The van der Waals surface area contributed by atoms with E-state index in [0.29, 0.717) is 10.6 Å². The zero-order valence-electron chi connectivity index (χ0n) is 8.45. The predicted octanol–water partition coefficient (Wildman–Crippen LogP) is 3.32. The van der Waals surface area contributed by atoms with Crippen molar-refractivity contribution < 1.29 is 4.79 Å². The minimum Gasteiger partial charge on any atom is -0.298 e. The van der Waals surface area contributed by atoms with Crippen LogP contribution >= 0.6 is 27.5 Å². The second-order valence-corrected chi connectivity index (χ2v) is 4.60. The fraction of sp³-hybridized carbons (Fsp3) is 0.0909. The number of hydrogen-bond donors (Lipinski definition) is 0. The molecule has 0 aliphatic heterocycles. The normalized spacial score (nSPS) is 10.4. The van der Waals surface area contributed by atoms with E-state index in [1.165, 1.54) is 0 Å². The average molecular weight is 300 g/mol. The summed E-state index contributed by atoms with van der Waals surface area (Å²) in [6.07, 6.45) is 2.50. The van der Waals surface area contributed by atoms with Gasteiger partial charge in [0, 0.05) is 23.2 Å². The van der Waals surface area contributed by atoms with Gasteiger partial charge in [-0.2, -0.15) is 5.10 Å². The van der Waals surface area contributed by atoms with Crippen molar-refractivity contribution in [2.75, 3.05) is 0 Å². The third kappa shape index (κ3) is 1.90. The lowest BCUT2D eigenvalue weighted by atomic mass is 10.1. The van der Waals surface area contributed by atoms with Crippen molar-refractivity contribution in [3.63, 3.8) is 0 Å². The van der Waals surface area contributed by atoms with Gasteiger partial charge >= 0.3 is 0 Å². The summed E-state index contributed by atoms with van der Waals surface area (Å²) in [6, 6.07) is 5.15. The van der Waals surface area contributed by atoms with E-state index in [-0.39, 0.29) is 0 Å². The molecule has 1 heterocycles. The second kappa shape index (κ2) is 4.39. The van der Waals surface area contributed by atoms with E-state index in [1.54, 1.807) is 29.1 Å². The minimum absolute atomic E-state index is 0.591. The van der Waals surface area contributed by atoms with Crippen molar-refractivity contribution in [3.8, 4) is 11.3 Å². The summed E-state index contributed by atoms with van der Waals surface area (Å²) >= 11 is 9.33. The highest BCUT2D eigenvalue weighted by molar-refractivity contribution is 9.10. The smallest absolute Gasteiger partial charge is 0.150 e. The quantitative estimate of drug-likeness (QED) is 0.797. The predicted molar refractivity (Wildman–Crippen MR) is 66.7 cm³/mol. The number of carbonyl (C=O) groups excluding carboxylic acids is 1. The zero-order valence-corrected chi connectivity index (χ0v) is 10.8. The molecule has 0 atom stereocenters. The maximum atomic E-state index is 11.0. The number of aryl methyl sites for hydroxylation is 1. The molecule has 0 aliphatic carbocycles. The van der Waals surface area contributed by atoms with E-state index in [4.69, 9.17) is 11.6 Å². The van der Waals surface area contributed by atoms with Gasteiger partial charge in [-0.15, -0.1) is 0 Å². The number of aromatic nitrogens is 2. The maximum Gasteiger partial charge on any atom is 0.150 e. The Morgan fingerprint density at radius 1 is 1.50 bits per heavy atom. The molecule has 0 radical (unpaired) electrons. The van der Waals surface area contributed by atoms with Crippen LogP contribution in [0.1, 0.15) is 10.4 Å². The maximum absolute atomic E-state index is 11.0. The minimum atomic E-state index is 0.591. The van der Waals surface area contributed by atoms with E-state index in [1.807, 2.05) is 7.05 Å². The number of aldehydes is 1. The highest BCUT2D eigenvalue weighted by Gasteiger charge is 2.13. The van der Waals surface area contributed by atoms with Gasteiger partial charge in [-0.25, -0.2) is 0 Å². The number of carbonyl (C=O) groups is 1. The Balaban J connectivity index is 2.72. The lowest BCUT2D eigenvalue weighted by Gasteiger charge is -2.06. The monoisotopic (exact) mass is 298 g/mol. The summed E-state index contributed by atoms with van der Waals surface area (Å²) in [5.74, 6) is 0. The molecule has 0 fully saturated rings. The first-order valence-corrected chi connectivity index (χ1v) is 5.73. The van der Waals surface area contributed by atoms with Gasteiger partial charge in [0.15, 0.2) is 6.29 Å². The number of halogens is 2. The average Bonchev–Trinajstić information content (AvgIpc) is 2.58. The SMILES string of the molecule is Cn1ncc(Br)c1-c1cc(Cl)ccc1C=O. The first kappa shape index (κ1) is 11.4. The Morgan fingerprint density at radius 3 is 2.81 bits per heavy atom. The fourth-order valence-electron chi connectivity index (χ4n) is 1.55. The fourth-order valence-corrected chi connectivity index (χ4v) is 2.28. The Bertz CT molecular complexity index is 531. The van der Waals surface area contributed by atoms with Crippen molar-refractivity contribution in [3.05, 3.63) is 39.5 Å². The summed E-state index contributed by atoms with van der Waals surface area (Å²) < 4.78 is 2.53. The van der Waals surface area contributed by atoms with Gasteiger partial charge in [0.2, 0.25) is 0 Å². The Labute approximate surface area is 106 Å². The van der Waals surface area contributed by atoms with E-state index in [9.17, 15) is 4.79 Å². The Morgan fingerprint density at radius 2 is 2.25 bits per heavy atom. The van der Waals surface area contributed by atoms with Crippen molar-refractivity contribution in [1.29, 1.82) is 0 Å². The van der Waals surface area contributed by atoms with Crippen molar-refractivity contribution in [1.82, 2.24) is 9.78 Å². The molecule has 0 aliphatic rings. The van der Waals surface area contributed by atoms with Crippen LogP contribution in [-0.4, -0.2) is 16.1 Å². The van der Waals surface area contributed by atoms with Crippen LogP contribution in [0.15, 0.2) is 28.9 Å². The topological polar surface area (TPSA) is 34.9 Å². The van der Waals surface area contributed by atoms with Crippen LogP contribution in [0.4, 0.5) is 0 Å². The molecule has 16 heavy (non-hydrogen) atoms. The van der Waals surface area contributed by atoms with Gasteiger partial charge < -0.3 is 0 Å². The van der Waals surface area contributed by atoms with Crippen LogP contribution < -0.4 is 0 Å². The first-order chi connectivity index (χ1) is 7.63. The van der Waals surface area contributed by atoms with E-state index in [2.05, 4.69) is 21.0 Å². The molecule has 0 saturated carbocycles. The van der Waals surface area contributed by atoms with E-state index in [0.717, 1.165) is 22.0 Å². The molecule has 0 bridgehead atoms. The number of hydrogen-bond acceptors (Lipinski definition) is 2. The second-order valence-electron chi connectivity index (χ2n) is 3.31. The van der Waals surface area contributed by atoms with Crippen LogP contribution in [-0.2, 0) is 7.05 Å². The van der Waals surface area contributed by atoms with Crippen LogP contribution in [0.5, 0.6) is 0 Å². The van der Waals surface area contributed by atoms with E-state index >= 15 is 0 Å². The highest BCUT2D eigenvalue weighted by Crippen LogP contribution is 2.31. The van der Waals surface area contributed by atoms with Gasteiger partial charge in [0.05, 0.1) is 16.4 Å². The summed E-state index contributed by atoms with van der Waals surface area (Å²) in [5.41, 5.74) is 2.20. The highest BCUT2D eigenvalue weighted by atomic mass is 79.9. The molecule has 0 amide bonds. The molecule has 0 spiro atoms. The van der Waals surface area contributed by atoms with Crippen LogP contribution in [0.3, 0.4) is 0 Å². The van der Waals surface area contributed by atoms with Crippen LogP contribution in [0.25, 0.3) is 11.3 Å². The molecule has 1 aromatic carbocycles. The van der Waals surface area contributed by atoms with Crippen LogP contribution in [0.2, 0.25) is 5.02 Å². The molecule has 2 aromatic rings. The molecule has 5 heteroatoms.